The highest BCUT2D eigenvalue weighted by molar-refractivity contribution is 7.87. The fourth-order valence-corrected chi connectivity index (χ4v) is 2.57. The van der Waals surface area contributed by atoms with Crippen molar-refractivity contribution in [2.45, 2.75) is 4.90 Å². The third-order valence-corrected chi connectivity index (χ3v) is 3.49. The SMILES string of the molecule is N.NC(=O)OS(=O)(=O)c1cccc2ccccc12. The topological polar surface area (TPSA) is 121 Å². The zero-order valence-corrected chi connectivity index (χ0v) is 10.2. The van der Waals surface area contributed by atoms with Crippen molar-refractivity contribution < 1.29 is 17.4 Å². The fraction of sp³-hybridized carbons (Fsp3) is 0. The number of fused-ring (bicyclic) bond motifs is 1. The maximum atomic E-state index is 11.7. The van der Waals surface area contributed by atoms with E-state index < -0.39 is 16.2 Å². The quantitative estimate of drug-likeness (QED) is 0.804. The zero-order valence-electron chi connectivity index (χ0n) is 9.37. The predicted octanol–water partition coefficient (Wildman–Crippen LogP) is 1.79. The molecule has 0 aromatic heterocycles. The van der Waals surface area contributed by atoms with E-state index in [0.29, 0.717) is 5.39 Å². The molecule has 0 unspecified atom stereocenters. The molecule has 18 heavy (non-hydrogen) atoms. The second-order valence-electron chi connectivity index (χ2n) is 3.33. The highest BCUT2D eigenvalue weighted by Crippen LogP contribution is 2.23. The maximum absolute atomic E-state index is 11.7. The molecule has 0 aliphatic heterocycles. The number of rotatable bonds is 2. The third kappa shape index (κ3) is 2.58. The summed E-state index contributed by atoms with van der Waals surface area (Å²) in [6.45, 7) is 0. The molecule has 0 spiro atoms. The minimum absolute atomic E-state index is 0. The molecular formula is C11H12N2O4S. The number of carbonyl (C=O) groups excluding carboxylic acids is 1. The molecule has 96 valence electrons. The van der Waals surface area contributed by atoms with Gasteiger partial charge in [0, 0.05) is 5.39 Å². The molecule has 2 aromatic carbocycles. The van der Waals surface area contributed by atoms with Crippen molar-refractivity contribution in [2.24, 2.45) is 5.73 Å². The first kappa shape index (κ1) is 13.9. The van der Waals surface area contributed by atoms with Crippen LogP contribution in [0.2, 0.25) is 0 Å². The average molecular weight is 268 g/mol. The monoisotopic (exact) mass is 268 g/mol. The summed E-state index contributed by atoms with van der Waals surface area (Å²) in [7, 11) is -4.16. The van der Waals surface area contributed by atoms with Crippen LogP contribution in [-0.4, -0.2) is 14.5 Å². The standard InChI is InChI=1S/C11H9NO4S.H3N/c12-11(13)16-17(14,15)10-7-3-5-8-4-1-2-6-9(8)10;/h1-7H,(H2,12,13);1H3. The van der Waals surface area contributed by atoms with Crippen LogP contribution in [-0.2, 0) is 14.3 Å². The molecule has 0 radical (unpaired) electrons. The summed E-state index contributed by atoms with van der Waals surface area (Å²) in [4.78, 5) is 10.5. The molecule has 0 saturated heterocycles. The van der Waals surface area contributed by atoms with Gasteiger partial charge in [-0.05, 0) is 11.5 Å². The Morgan fingerprint density at radius 3 is 2.33 bits per heavy atom. The van der Waals surface area contributed by atoms with Crippen molar-refractivity contribution >= 4 is 27.0 Å². The van der Waals surface area contributed by atoms with E-state index in [4.69, 9.17) is 5.73 Å². The Hall–Kier alpha value is -2.12. The summed E-state index contributed by atoms with van der Waals surface area (Å²) < 4.78 is 27.6. The van der Waals surface area contributed by atoms with Crippen molar-refractivity contribution in [3.63, 3.8) is 0 Å². The number of amides is 1. The Balaban J connectivity index is 0.00000162. The van der Waals surface area contributed by atoms with Crippen LogP contribution in [0.1, 0.15) is 0 Å². The first-order valence-electron chi connectivity index (χ1n) is 4.72. The number of primary amides is 1. The van der Waals surface area contributed by atoms with Crippen LogP contribution in [0.25, 0.3) is 10.8 Å². The minimum Gasteiger partial charge on any atom is -0.344 e. The second kappa shape index (κ2) is 5.03. The summed E-state index contributed by atoms with van der Waals surface area (Å²) >= 11 is 0. The van der Waals surface area contributed by atoms with Gasteiger partial charge in [0.25, 0.3) is 0 Å². The number of carbonyl (C=O) groups is 1. The van der Waals surface area contributed by atoms with Crippen molar-refractivity contribution in [2.75, 3.05) is 0 Å². The lowest BCUT2D eigenvalue weighted by molar-refractivity contribution is 0.213. The van der Waals surface area contributed by atoms with E-state index >= 15 is 0 Å². The summed E-state index contributed by atoms with van der Waals surface area (Å²) in [5.41, 5.74) is 4.72. The van der Waals surface area contributed by atoms with Crippen molar-refractivity contribution in [3.05, 3.63) is 42.5 Å². The van der Waals surface area contributed by atoms with Gasteiger partial charge in [-0.2, -0.15) is 8.42 Å². The molecule has 0 fully saturated rings. The van der Waals surface area contributed by atoms with E-state index in [1.807, 2.05) is 0 Å². The number of benzene rings is 2. The van der Waals surface area contributed by atoms with Gasteiger partial charge in [-0.1, -0.05) is 36.4 Å². The Morgan fingerprint density at radius 1 is 1.06 bits per heavy atom. The van der Waals surface area contributed by atoms with E-state index in [0.717, 1.165) is 5.39 Å². The zero-order chi connectivity index (χ0) is 12.5. The third-order valence-electron chi connectivity index (χ3n) is 2.21. The molecular weight excluding hydrogens is 256 g/mol. The molecule has 0 heterocycles. The smallest absolute Gasteiger partial charge is 0.344 e. The molecule has 2 rings (SSSR count). The van der Waals surface area contributed by atoms with E-state index in [9.17, 15) is 13.2 Å². The highest BCUT2D eigenvalue weighted by Gasteiger charge is 2.20. The number of nitrogens with two attached hydrogens (primary N) is 1. The molecule has 0 saturated carbocycles. The van der Waals surface area contributed by atoms with Crippen LogP contribution in [0.4, 0.5) is 4.79 Å². The Kier molecular flexibility index (Phi) is 3.89. The predicted molar refractivity (Wildman–Crippen MR) is 66.8 cm³/mol. The van der Waals surface area contributed by atoms with Gasteiger partial charge >= 0.3 is 16.2 Å². The molecule has 0 bridgehead atoms. The van der Waals surface area contributed by atoms with Crippen LogP contribution in [0.5, 0.6) is 0 Å². The largest absolute Gasteiger partial charge is 0.420 e. The molecule has 7 heteroatoms. The Morgan fingerprint density at radius 2 is 1.67 bits per heavy atom. The lowest BCUT2D eigenvalue weighted by Crippen LogP contribution is -2.19. The van der Waals surface area contributed by atoms with Crippen LogP contribution >= 0.6 is 0 Å². The summed E-state index contributed by atoms with van der Waals surface area (Å²) in [6, 6.07) is 11.6. The molecule has 0 aliphatic rings. The summed E-state index contributed by atoms with van der Waals surface area (Å²) in [6.07, 6.45) is -1.35. The lowest BCUT2D eigenvalue weighted by atomic mass is 10.1. The first-order chi connectivity index (χ1) is 8.00. The van der Waals surface area contributed by atoms with Crippen molar-refractivity contribution in [1.29, 1.82) is 0 Å². The van der Waals surface area contributed by atoms with Gasteiger partial charge in [-0.25, -0.2) is 4.79 Å². The highest BCUT2D eigenvalue weighted by atomic mass is 32.2. The molecule has 5 N–H and O–H groups in total. The van der Waals surface area contributed by atoms with Gasteiger partial charge in [-0.15, -0.1) is 0 Å². The van der Waals surface area contributed by atoms with Crippen LogP contribution in [0, 0.1) is 0 Å². The van der Waals surface area contributed by atoms with E-state index in [1.165, 1.54) is 6.07 Å². The Labute approximate surface area is 104 Å². The molecule has 0 atom stereocenters. The molecule has 1 amide bonds. The number of hydrogen-bond donors (Lipinski definition) is 2. The van der Waals surface area contributed by atoms with Crippen molar-refractivity contribution in [1.82, 2.24) is 6.15 Å². The van der Waals surface area contributed by atoms with E-state index in [1.54, 1.807) is 36.4 Å². The van der Waals surface area contributed by atoms with Gasteiger partial charge in [0.1, 0.15) is 4.90 Å². The molecule has 6 nitrogen and oxygen atoms in total. The van der Waals surface area contributed by atoms with E-state index in [-0.39, 0.29) is 11.0 Å². The lowest BCUT2D eigenvalue weighted by Gasteiger charge is -2.06. The van der Waals surface area contributed by atoms with Gasteiger partial charge in [-0.3, -0.25) is 0 Å². The maximum Gasteiger partial charge on any atom is 0.420 e. The normalized spacial score (nSPS) is 10.7. The van der Waals surface area contributed by atoms with Gasteiger partial charge in [0.05, 0.1) is 0 Å². The Bertz CT molecular complexity index is 677. The van der Waals surface area contributed by atoms with Gasteiger partial charge < -0.3 is 16.1 Å². The second-order valence-corrected chi connectivity index (χ2v) is 4.85. The fourth-order valence-electron chi connectivity index (χ4n) is 1.57. The van der Waals surface area contributed by atoms with Crippen LogP contribution < -0.4 is 11.9 Å². The van der Waals surface area contributed by atoms with Crippen molar-refractivity contribution in [3.8, 4) is 0 Å². The summed E-state index contributed by atoms with van der Waals surface area (Å²) in [5.74, 6) is 0. The average Bonchev–Trinajstić information content (AvgIpc) is 2.26. The number of hydrogen-bond acceptors (Lipinski definition) is 5. The first-order valence-corrected chi connectivity index (χ1v) is 6.13. The van der Waals surface area contributed by atoms with Crippen LogP contribution in [0.3, 0.4) is 0 Å². The van der Waals surface area contributed by atoms with Crippen LogP contribution in [0.15, 0.2) is 47.4 Å². The van der Waals surface area contributed by atoms with E-state index in [2.05, 4.69) is 4.18 Å². The van der Waals surface area contributed by atoms with Gasteiger partial charge in [0.2, 0.25) is 0 Å². The minimum atomic E-state index is -4.16. The molecule has 0 aliphatic carbocycles. The summed E-state index contributed by atoms with van der Waals surface area (Å²) in [5, 5.41) is 1.22. The molecule has 2 aromatic rings. The van der Waals surface area contributed by atoms with Gasteiger partial charge in [0.15, 0.2) is 0 Å².